The maximum Gasteiger partial charge on any atom is 0.325 e. The van der Waals surface area contributed by atoms with Gasteiger partial charge in [-0.3, -0.25) is 9.59 Å². The van der Waals surface area contributed by atoms with E-state index in [1.165, 1.54) is 35.5 Å². The lowest BCUT2D eigenvalue weighted by Gasteiger charge is -2.27. The molecule has 0 aliphatic carbocycles. The molecule has 174 valence electrons. The molecule has 0 atom stereocenters. The summed E-state index contributed by atoms with van der Waals surface area (Å²) in [7, 11) is 1.49. The number of benzene rings is 1. The predicted octanol–water partition coefficient (Wildman–Crippen LogP) is 2.64. The van der Waals surface area contributed by atoms with E-state index in [2.05, 4.69) is 5.32 Å². The minimum Gasteiger partial charge on any atom is -0.465 e. The molecule has 3 amide bonds. The maximum absolute atomic E-state index is 13.3. The van der Waals surface area contributed by atoms with Crippen molar-refractivity contribution in [1.82, 2.24) is 15.1 Å². The minimum atomic E-state index is -0.568. The SMILES string of the molecule is CCOC(=O)CNC(=O)N(CCOC)CC(=O)N(Cc1ccc(F)cc1)Cc1cccs1. The normalized spacial score (nSPS) is 10.5. The summed E-state index contributed by atoms with van der Waals surface area (Å²) in [4.78, 5) is 41.1. The van der Waals surface area contributed by atoms with Crippen molar-refractivity contribution in [1.29, 1.82) is 0 Å². The number of urea groups is 1. The molecule has 0 bridgehead atoms. The Morgan fingerprint density at radius 1 is 1.09 bits per heavy atom. The molecule has 1 aromatic heterocycles. The van der Waals surface area contributed by atoms with E-state index in [4.69, 9.17) is 9.47 Å². The van der Waals surface area contributed by atoms with Crippen LogP contribution in [0.3, 0.4) is 0 Å². The first-order valence-electron chi connectivity index (χ1n) is 10.1. The average molecular weight is 466 g/mol. The summed E-state index contributed by atoms with van der Waals surface area (Å²) in [6.07, 6.45) is 0. The highest BCUT2D eigenvalue weighted by Crippen LogP contribution is 2.15. The third kappa shape index (κ3) is 8.64. The molecule has 0 aliphatic heterocycles. The highest BCUT2D eigenvalue weighted by Gasteiger charge is 2.22. The van der Waals surface area contributed by atoms with Gasteiger partial charge >= 0.3 is 12.0 Å². The molecule has 1 N–H and O–H groups in total. The second kappa shape index (κ2) is 13.4. The minimum absolute atomic E-state index is 0.167. The Morgan fingerprint density at radius 3 is 2.47 bits per heavy atom. The number of rotatable bonds is 12. The molecule has 8 nitrogen and oxygen atoms in total. The van der Waals surface area contributed by atoms with Crippen LogP contribution >= 0.6 is 11.3 Å². The Balaban J connectivity index is 2.09. The smallest absolute Gasteiger partial charge is 0.325 e. The molecule has 2 aromatic rings. The second-order valence-electron chi connectivity index (χ2n) is 6.83. The van der Waals surface area contributed by atoms with Crippen LogP contribution in [-0.4, -0.2) is 67.7 Å². The van der Waals surface area contributed by atoms with Gasteiger partial charge in [0.25, 0.3) is 0 Å². The molecular weight excluding hydrogens is 437 g/mol. The Labute approximate surface area is 190 Å². The molecule has 0 radical (unpaired) electrons. The number of esters is 1. The van der Waals surface area contributed by atoms with Gasteiger partial charge in [-0.15, -0.1) is 11.3 Å². The Morgan fingerprint density at radius 2 is 1.84 bits per heavy atom. The summed E-state index contributed by atoms with van der Waals surface area (Å²) >= 11 is 1.52. The highest BCUT2D eigenvalue weighted by atomic mass is 32.1. The van der Waals surface area contributed by atoms with Crippen molar-refractivity contribution in [2.45, 2.75) is 20.0 Å². The number of methoxy groups -OCH3 is 1. The van der Waals surface area contributed by atoms with Crippen LogP contribution in [0, 0.1) is 5.82 Å². The van der Waals surface area contributed by atoms with E-state index >= 15 is 0 Å². The van der Waals surface area contributed by atoms with Gasteiger partial charge in [-0.2, -0.15) is 0 Å². The largest absolute Gasteiger partial charge is 0.465 e. The molecule has 10 heteroatoms. The van der Waals surface area contributed by atoms with E-state index in [0.717, 1.165) is 10.4 Å². The number of nitrogens with zero attached hydrogens (tertiary/aromatic N) is 2. The van der Waals surface area contributed by atoms with Gasteiger partial charge in [0, 0.05) is 25.1 Å². The molecule has 0 aliphatic rings. The van der Waals surface area contributed by atoms with E-state index < -0.39 is 12.0 Å². The number of hydrogen-bond acceptors (Lipinski definition) is 6. The fourth-order valence-electron chi connectivity index (χ4n) is 2.82. The van der Waals surface area contributed by atoms with Gasteiger partial charge in [0.05, 0.1) is 19.8 Å². The van der Waals surface area contributed by atoms with Crippen LogP contribution in [-0.2, 0) is 32.2 Å². The summed E-state index contributed by atoms with van der Waals surface area (Å²) in [5.74, 6) is -1.20. The van der Waals surface area contributed by atoms with E-state index in [-0.39, 0.29) is 51.1 Å². The highest BCUT2D eigenvalue weighted by molar-refractivity contribution is 7.09. The van der Waals surface area contributed by atoms with Crippen LogP contribution in [0.4, 0.5) is 9.18 Å². The number of amides is 3. The number of hydrogen-bond donors (Lipinski definition) is 1. The number of nitrogens with one attached hydrogen (secondary N) is 1. The zero-order chi connectivity index (χ0) is 23.3. The molecule has 32 heavy (non-hydrogen) atoms. The van der Waals surface area contributed by atoms with Gasteiger partial charge in [-0.05, 0) is 36.1 Å². The van der Waals surface area contributed by atoms with Gasteiger partial charge in [0.15, 0.2) is 0 Å². The Hall–Kier alpha value is -2.98. The van der Waals surface area contributed by atoms with Gasteiger partial charge < -0.3 is 24.6 Å². The number of carbonyl (C=O) groups excluding carboxylic acids is 3. The molecule has 0 unspecified atom stereocenters. The van der Waals surface area contributed by atoms with Crippen LogP contribution in [0.25, 0.3) is 0 Å². The van der Waals surface area contributed by atoms with Crippen molar-refractivity contribution in [3.63, 3.8) is 0 Å². The lowest BCUT2D eigenvalue weighted by Crippen LogP contribution is -2.48. The zero-order valence-corrected chi connectivity index (χ0v) is 19.0. The van der Waals surface area contributed by atoms with Gasteiger partial charge in [0.1, 0.15) is 18.9 Å². The first-order valence-corrected chi connectivity index (χ1v) is 11.0. The summed E-state index contributed by atoms with van der Waals surface area (Å²) < 4.78 is 23.1. The molecular formula is C22H28FN3O5S. The first-order chi connectivity index (χ1) is 15.4. The average Bonchev–Trinajstić information content (AvgIpc) is 3.29. The molecule has 0 saturated heterocycles. The zero-order valence-electron chi connectivity index (χ0n) is 18.2. The van der Waals surface area contributed by atoms with Crippen molar-refractivity contribution in [2.75, 3.05) is 40.0 Å². The second-order valence-corrected chi connectivity index (χ2v) is 7.87. The lowest BCUT2D eigenvalue weighted by molar-refractivity contribution is -0.141. The van der Waals surface area contributed by atoms with Crippen molar-refractivity contribution < 1.29 is 28.2 Å². The van der Waals surface area contributed by atoms with Gasteiger partial charge in [0.2, 0.25) is 5.91 Å². The van der Waals surface area contributed by atoms with Crippen molar-refractivity contribution in [3.8, 4) is 0 Å². The van der Waals surface area contributed by atoms with Crippen LogP contribution < -0.4 is 5.32 Å². The standard InChI is InChI=1S/C22H28FN3O5S/c1-3-31-21(28)13-24-22(29)25(10-11-30-2)16-20(27)26(15-19-5-4-12-32-19)14-17-6-8-18(23)9-7-17/h4-9,12H,3,10-11,13-16H2,1-2H3,(H,24,29). The number of halogens is 1. The van der Waals surface area contributed by atoms with E-state index in [9.17, 15) is 18.8 Å². The third-order valence-electron chi connectivity index (χ3n) is 4.43. The van der Waals surface area contributed by atoms with Crippen LogP contribution in [0.5, 0.6) is 0 Å². The van der Waals surface area contributed by atoms with Crippen molar-refractivity contribution in [2.24, 2.45) is 0 Å². The van der Waals surface area contributed by atoms with E-state index in [0.29, 0.717) is 6.54 Å². The monoisotopic (exact) mass is 465 g/mol. The number of ether oxygens (including phenoxy) is 2. The predicted molar refractivity (Wildman–Crippen MR) is 118 cm³/mol. The van der Waals surface area contributed by atoms with Gasteiger partial charge in [-0.1, -0.05) is 18.2 Å². The quantitative estimate of drug-likeness (QED) is 0.487. The van der Waals surface area contributed by atoms with Crippen molar-refractivity contribution >= 4 is 29.2 Å². The Kier molecular flexibility index (Phi) is 10.6. The third-order valence-corrected chi connectivity index (χ3v) is 5.30. The maximum atomic E-state index is 13.3. The Bertz CT molecular complexity index is 861. The van der Waals surface area contributed by atoms with Crippen LogP contribution in [0.1, 0.15) is 17.4 Å². The summed E-state index contributed by atoms with van der Waals surface area (Å²) in [5, 5.41) is 4.39. The van der Waals surface area contributed by atoms with Crippen LogP contribution in [0.15, 0.2) is 41.8 Å². The molecule has 1 heterocycles. The van der Waals surface area contributed by atoms with Crippen LogP contribution in [0.2, 0.25) is 0 Å². The van der Waals surface area contributed by atoms with E-state index in [1.54, 1.807) is 24.0 Å². The molecule has 2 rings (SSSR count). The first kappa shape index (κ1) is 25.3. The molecule has 0 saturated carbocycles. The van der Waals surface area contributed by atoms with Crippen molar-refractivity contribution in [3.05, 3.63) is 58.0 Å². The summed E-state index contributed by atoms with van der Waals surface area (Å²) in [6, 6.07) is 9.19. The fourth-order valence-corrected chi connectivity index (χ4v) is 3.54. The topological polar surface area (TPSA) is 88.2 Å². The van der Waals surface area contributed by atoms with Gasteiger partial charge in [-0.25, -0.2) is 9.18 Å². The number of carbonyl (C=O) groups is 3. The summed E-state index contributed by atoms with van der Waals surface area (Å²) in [5.41, 5.74) is 0.770. The summed E-state index contributed by atoms with van der Waals surface area (Å²) in [6.45, 7) is 2.40. The lowest BCUT2D eigenvalue weighted by atomic mass is 10.2. The molecule has 0 spiro atoms. The fraction of sp³-hybridized carbons (Fsp3) is 0.409. The van der Waals surface area contributed by atoms with E-state index in [1.807, 2.05) is 17.5 Å². The number of thiophene rings is 1. The molecule has 0 fully saturated rings. The molecule has 1 aromatic carbocycles.